The van der Waals surface area contributed by atoms with Gasteiger partial charge in [-0.05, 0) is 80.3 Å². The van der Waals surface area contributed by atoms with Crippen LogP contribution < -0.4 is 10.0 Å². The number of rotatable bonds is 11. The lowest BCUT2D eigenvalue weighted by Crippen LogP contribution is -2.59. The Hall–Kier alpha value is -2.13. The molecule has 1 aliphatic heterocycles. The summed E-state index contributed by atoms with van der Waals surface area (Å²) in [5.74, 6) is -1.92. The molecule has 4 rings (SSSR count). The summed E-state index contributed by atoms with van der Waals surface area (Å²) in [5.41, 5.74) is 0.814. The molecule has 1 amide bonds. The molecule has 5 unspecified atom stereocenters. The molecule has 0 radical (unpaired) electrons. The zero-order valence-electron chi connectivity index (χ0n) is 21.5. The number of hydrogen-bond acceptors (Lipinski definition) is 4. The number of carboxylic acid groups (broad SMARTS) is 1. The first-order valence-electron chi connectivity index (χ1n) is 12.9. The topological polar surface area (TPSA) is 113 Å². The number of carboxylic acids is 1. The Morgan fingerprint density at radius 2 is 1.84 bits per heavy atom. The van der Waals surface area contributed by atoms with Crippen LogP contribution in [0.4, 0.5) is 0 Å². The highest BCUT2D eigenvalue weighted by Gasteiger charge is 2.49. The number of halogens is 2. The highest BCUT2D eigenvalue weighted by atomic mass is 35.5. The Bertz CT molecular complexity index is 1280. The Kier molecular flexibility index (Phi) is 8.77. The standard InChI is InChI=1S/C28H34Cl2N2O5S/c1-17(32-38(36,37)22-11-12-22)23(13-8-18-6-9-20(29)10-7-18)26-24(19-4-3-5-21(30)14-19)15-28(2,16-25(33)34)27(35)31-26/h3-7,9-10,14,17,22-24,26,32H,8,11-13,15-16H2,1-2H3,(H,31,35)(H,33,34). The maximum Gasteiger partial charge on any atom is 0.304 e. The van der Waals surface area contributed by atoms with Crippen molar-refractivity contribution in [3.05, 3.63) is 69.7 Å². The fourth-order valence-electron chi connectivity index (χ4n) is 5.63. The van der Waals surface area contributed by atoms with Gasteiger partial charge in [0.1, 0.15) is 0 Å². The lowest BCUT2D eigenvalue weighted by molar-refractivity contribution is -0.147. The van der Waals surface area contributed by atoms with Crippen LogP contribution in [-0.4, -0.2) is 42.7 Å². The Morgan fingerprint density at radius 1 is 1.16 bits per heavy atom. The molecule has 206 valence electrons. The summed E-state index contributed by atoms with van der Waals surface area (Å²) in [6.07, 6.45) is 2.54. The molecule has 2 aromatic rings. The van der Waals surface area contributed by atoms with Gasteiger partial charge >= 0.3 is 5.97 Å². The summed E-state index contributed by atoms with van der Waals surface area (Å²) in [6, 6.07) is 14.0. The molecule has 2 fully saturated rings. The quantitative estimate of drug-likeness (QED) is 0.339. The summed E-state index contributed by atoms with van der Waals surface area (Å²) in [5, 5.41) is 13.5. The largest absolute Gasteiger partial charge is 0.481 e. The number of aliphatic carboxylic acids is 1. The van der Waals surface area contributed by atoms with Crippen molar-refractivity contribution in [1.29, 1.82) is 0 Å². The average Bonchev–Trinajstić information content (AvgIpc) is 3.68. The normalized spacial score (nSPS) is 25.4. The third kappa shape index (κ3) is 6.89. The zero-order valence-corrected chi connectivity index (χ0v) is 23.8. The molecule has 10 heteroatoms. The number of nitrogens with one attached hydrogen (secondary N) is 2. The number of carbonyl (C=O) groups excluding carboxylic acids is 1. The molecule has 38 heavy (non-hydrogen) atoms. The van der Waals surface area contributed by atoms with Crippen LogP contribution >= 0.6 is 23.2 Å². The SMILES string of the molecule is CC(NS(=O)(=O)C1CC1)C(CCc1ccc(Cl)cc1)C1NC(=O)C(C)(CC(=O)O)CC1c1cccc(Cl)c1. The van der Waals surface area contributed by atoms with Crippen molar-refractivity contribution >= 4 is 45.1 Å². The molecule has 0 bridgehead atoms. The Morgan fingerprint density at radius 3 is 2.45 bits per heavy atom. The van der Waals surface area contributed by atoms with Crippen LogP contribution in [0.1, 0.15) is 63.0 Å². The van der Waals surface area contributed by atoms with Crippen LogP contribution in [0, 0.1) is 11.3 Å². The van der Waals surface area contributed by atoms with Gasteiger partial charge in [-0.2, -0.15) is 0 Å². The van der Waals surface area contributed by atoms with Crippen LogP contribution in [0.5, 0.6) is 0 Å². The van der Waals surface area contributed by atoms with E-state index in [-0.39, 0.29) is 29.4 Å². The van der Waals surface area contributed by atoms with E-state index in [0.29, 0.717) is 42.1 Å². The monoisotopic (exact) mass is 580 g/mol. The van der Waals surface area contributed by atoms with Gasteiger partial charge in [-0.15, -0.1) is 0 Å². The fraction of sp³-hybridized carbons (Fsp3) is 0.500. The van der Waals surface area contributed by atoms with Crippen molar-refractivity contribution in [1.82, 2.24) is 10.0 Å². The molecule has 0 spiro atoms. The number of aryl methyl sites for hydroxylation is 1. The maximum atomic E-state index is 13.4. The van der Waals surface area contributed by atoms with Crippen LogP contribution in [0.25, 0.3) is 0 Å². The summed E-state index contributed by atoms with van der Waals surface area (Å²) in [6.45, 7) is 3.52. The molecule has 5 atom stereocenters. The van der Waals surface area contributed by atoms with E-state index < -0.39 is 33.5 Å². The van der Waals surface area contributed by atoms with Crippen molar-refractivity contribution < 1.29 is 23.1 Å². The fourth-order valence-corrected chi connectivity index (χ4v) is 7.60. The summed E-state index contributed by atoms with van der Waals surface area (Å²) >= 11 is 12.4. The predicted octanol–water partition coefficient (Wildman–Crippen LogP) is 5.17. The van der Waals surface area contributed by atoms with Gasteiger partial charge in [0.05, 0.1) is 17.1 Å². The highest BCUT2D eigenvalue weighted by Crippen LogP contribution is 2.44. The molecule has 3 N–H and O–H groups in total. The van der Waals surface area contributed by atoms with E-state index in [2.05, 4.69) is 10.0 Å². The molecule has 0 aromatic heterocycles. The summed E-state index contributed by atoms with van der Waals surface area (Å²) in [7, 11) is -3.48. The van der Waals surface area contributed by atoms with Crippen molar-refractivity contribution in [2.24, 2.45) is 11.3 Å². The zero-order chi connectivity index (χ0) is 27.7. The molecule has 7 nitrogen and oxygen atoms in total. The second-order valence-corrected chi connectivity index (χ2v) is 13.8. The lowest BCUT2D eigenvalue weighted by Gasteiger charge is -2.46. The second-order valence-electron chi connectivity index (χ2n) is 11.0. The third-order valence-corrected chi connectivity index (χ3v) is 10.4. The number of piperidine rings is 1. The van der Waals surface area contributed by atoms with Crippen molar-refractivity contribution in [3.63, 3.8) is 0 Å². The van der Waals surface area contributed by atoms with Crippen LogP contribution in [0.15, 0.2) is 48.5 Å². The number of benzene rings is 2. The number of sulfonamides is 1. The molecule has 2 aliphatic rings. The van der Waals surface area contributed by atoms with Gasteiger partial charge in [-0.3, -0.25) is 9.59 Å². The van der Waals surface area contributed by atoms with E-state index in [4.69, 9.17) is 23.2 Å². The van der Waals surface area contributed by atoms with Crippen LogP contribution in [-0.2, 0) is 26.0 Å². The average molecular weight is 582 g/mol. The van der Waals surface area contributed by atoms with Gasteiger partial charge in [-0.1, -0.05) is 54.4 Å². The first kappa shape index (κ1) is 28.9. The minimum atomic E-state index is -3.48. The number of amides is 1. The van der Waals surface area contributed by atoms with Crippen LogP contribution in [0.3, 0.4) is 0 Å². The Labute approximate surface area is 234 Å². The maximum absolute atomic E-state index is 13.4. The van der Waals surface area contributed by atoms with Gasteiger partial charge in [0, 0.05) is 28.0 Å². The van der Waals surface area contributed by atoms with E-state index in [1.807, 2.05) is 49.4 Å². The first-order valence-corrected chi connectivity index (χ1v) is 15.2. The van der Waals surface area contributed by atoms with Crippen LogP contribution in [0.2, 0.25) is 10.0 Å². The van der Waals surface area contributed by atoms with Crippen molar-refractivity contribution in [2.75, 3.05) is 0 Å². The molecular formula is C28H34Cl2N2O5S. The van der Waals surface area contributed by atoms with Crippen molar-refractivity contribution in [3.8, 4) is 0 Å². The minimum absolute atomic E-state index is 0.265. The molecule has 1 saturated heterocycles. The van der Waals surface area contributed by atoms with E-state index in [1.54, 1.807) is 13.0 Å². The smallest absolute Gasteiger partial charge is 0.304 e. The van der Waals surface area contributed by atoms with E-state index in [0.717, 1.165) is 11.1 Å². The molecular weight excluding hydrogens is 547 g/mol. The number of carbonyl (C=O) groups is 2. The van der Waals surface area contributed by atoms with Gasteiger partial charge < -0.3 is 10.4 Å². The van der Waals surface area contributed by atoms with E-state index in [9.17, 15) is 23.1 Å². The Balaban J connectivity index is 1.70. The van der Waals surface area contributed by atoms with Gasteiger partial charge in [0.2, 0.25) is 15.9 Å². The first-order chi connectivity index (χ1) is 17.9. The molecule has 1 saturated carbocycles. The van der Waals surface area contributed by atoms with Gasteiger partial charge in [-0.25, -0.2) is 13.1 Å². The van der Waals surface area contributed by atoms with Gasteiger partial charge in [0.15, 0.2) is 0 Å². The van der Waals surface area contributed by atoms with E-state index >= 15 is 0 Å². The lowest BCUT2D eigenvalue weighted by atomic mass is 9.66. The molecule has 2 aromatic carbocycles. The number of hydrogen-bond donors (Lipinski definition) is 3. The molecule has 1 aliphatic carbocycles. The summed E-state index contributed by atoms with van der Waals surface area (Å²) < 4.78 is 28.7. The van der Waals surface area contributed by atoms with E-state index in [1.165, 1.54) is 0 Å². The molecule has 1 heterocycles. The highest BCUT2D eigenvalue weighted by molar-refractivity contribution is 7.90. The summed E-state index contributed by atoms with van der Waals surface area (Å²) in [4.78, 5) is 25.1. The second kappa shape index (κ2) is 11.5. The minimum Gasteiger partial charge on any atom is -0.481 e. The predicted molar refractivity (Wildman–Crippen MR) is 149 cm³/mol. The van der Waals surface area contributed by atoms with Crippen molar-refractivity contribution in [2.45, 2.75) is 75.6 Å². The third-order valence-electron chi connectivity index (χ3n) is 7.86. The van der Waals surface area contributed by atoms with Gasteiger partial charge in [0.25, 0.3) is 0 Å².